The van der Waals surface area contributed by atoms with Crippen LogP contribution in [0.25, 0.3) is 0 Å². The van der Waals surface area contributed by atoms with Crippen LogP contribution < -0.4 is 15.5 Å². The highest BCUT2D eigenvalue weighted by molar-refractivity contribution is 5.91. The minimum atomic E-state index is -4.43. The van der Waals surface area contributed by atoms with E-state index in [9.17, 15) is 22.8 Å². The Morgan fingerprint density at radius 1 is 1.21 bits per heavy atom. The number of ether oxygens (including phenoxy) is 1. The fourth-order valence-electron chi connectivity index (χ4n) is 1.96. The van der Waals surface area contributed by atoms with E-state index >= 15 is 0 Å². The zero-order valence-corrected chi connectivity index (χ0v) is 13.0. The number of anilines is 1. The van der Waals surface area contributed by atoms with Gasteiger partial charge in [-0.15, -0.1) is 0 Å². The number of aryl methyl sites for hydroxylation is 1. The van der Waals surface area contributed by atoms with Gasteiger partial charge in [0.25, 0.3) is 5.91 Å². The lowest BCUT2D eigenvalue weighted by Gasteiger charge is -2.12. The quantitative estimate of drug-likeness (QED) is 0.931. The average molecular weight is 340 g/mol. The highest BCUT2D eigenvalue weighted by atomic mass is 19.4. The zero-order valence-electron chi connectivity index (χ0n) is 13.0. The van der Waals surface area contributed by atoms with Gasteiger partial charge in [0.2, 0.25) is 5.43 Å². The van der Waals surface area contributed by atoms with Crippen LogP contribution >= 0.6 is 0 Å². The highest BCUT2D eigenvalue weighted by Crippen LogP contribution is 2.29. The summed E-state index contributed by atoms with van der Waals surface area (Å²) < 4.78 is 44.3. The monoisotopic (exact) mass is 340 g/mol. The van der Waals surface area contributed by atoms with Gasteiger partial charge < -0.3 is 14.6 Å². The maximum absolute atomic E-state index is 12.5. The van der Waals surface area contributed by atoms with Crippen LogP contribution in [0, 0.1) is 6.92 Å². The van der Waals surface area contributed by atoms with Gasteiger partial charge in [-0.3, -0.25) is 9.59 Å². The molecule has 2 rings (SSSR count). The Bertz CT molecular complexity index is 796. The summed E-state index contributed by atoms with van der Waals surface area (Å²) in [5.41, 5.74) is -0.396. The SMILES string of the molecule is Cc1c(OCC(=O)Nc2ccc(C(F)(F)F)cc2)c(=O)ccn1C. The number of hydrogen-bond acceptors (Lipinski definition) is 3. The molecule has 5 nitrogen and oxygen atoms in total. The van der Waals surface area contributed by atoms with E-state index in [4.69, 9.17) is 4.74 Å². The Kier molecular flexibility index (Phi) is 4.96. The van der Waals surface area contributed by atoms with Crippen molar-refractivity contribution in [2.24, 2.45) is 7.05 Å². The van der Waals surface area contributed by atoms with Gasteiger partial charge in [0.05, 0.1) is 11.3 Å². The molecule has 0 atom stereocenters. The van der Waals surface area contributed by atoms with Gasteiger partial charge in [-0.2, -0.15) is 13.2 Å². The summed E-state index contributed by atoms with van der Waals surface area (Å²) >= 11 is 0. The zero-order chi connectivity index (χ0) is 17.9. The molecule has 1 aromatic heterocycles. The third kappa shape index (κ3) is 4.15. The summed E-state index contributed by atoms with van der Waals surface area (Å²) in [5, 5.41) is 2.40. The van der Waals surface area contributed by atoms with Gasteiger partial charge in [0.15, 0.2) is 12.4 Å². The van der Waals surface area contributed by atoms with E-state index in [1.54, 1.807) is 24.7 Å². The molecule has 24 heavy (non-hydrogen) atoms. The topological polar surface area (TPSA) is 60.3 Å². The number of carbonyl (C=O) groups excluding carboxylic acids is 1. The molecule has 2 aromatic rings. The van der Waals surface area contributed by atoms with Gasteiger partial charge >= 0.3 is 6.18 Å². The molecule has 0 aliphatic rings. The van der Waals surface area contributed by atoms with Gasteiger partial charge in [-0.1, -0.05) is 0 Å². The Morgan fingerprint density at radius 3 is 2.42 bits per heavy atom. The fourth-order valence-corrected chi connectivity index (χ4v) is 1.96. The molecule has 1 heterocycles. The summed E-state index contributed by atoms with van der Waals surface area (Å²) in [6.45, 7) is 1.24. The summed E-state index contributed by atoms with van der Waals surface area (Å²) in [6.07, 6.45) is -2.86. The second-order valence-electron chi connectivity index (χ2n) is 5.12. The first kappa shape index (κ1) is 17.6. The molecule has 1 N–H and O–H groups in total. The van der Waals surface area contributed by atoms with Crippen LogP contribution in [0.2, 0.25) is 0 Å². The number of nitrogens with one attached hydrogen (secondary N) is 1. The van der Waals surface area contributed by atoms with Gasteiger partial charge in [0.1, 0.15) is 0 Å². The van der Waals surface area contributed by atoms with E-state index in [1.807, 2.05) is 0 Å². The minimum Gasteiger partial charge on any atom is -0.478 e. The van der Waals surface area contributed by atoms with Gasteiger partial charge in [-0.05, 0) is 31.2 Å². The molecule has 0 bridgehead atoms. The van der Waals surface area contributed by atoms with Gasteiger partial charge in [0, 0.05) is 25.0 Å². The van der Waals surface area contributed by atoms with Crippen molar-refractivity contribution in [3.8, 4) is 5.75 Å². The van der Waals surface area contributed by atoms with Crippen molar-refractivity contribution in [1.82, 2.24) is 4.57 Å². The first-order valence-corrected chi connectivity index (χ1v) is 6.94. The lowest BCUT2D eigenvalue weighted by Crippen LogP contribution is -2.23. The Balaban J connectivity index is 1.99. The van der Waals surface area contributed by atoms with Crippen LogP contribution in [-0.4, -0.2) is 17.1 Å². The highest BCUT2D eigenvalue weighted by Gasteiger charge is 2.29. The number of carbonyl (C=O) groups is 1. The van der Waals surface area contributed by atoms with Crippen LogP contribution in [0.4, 0.5) is 18.9 Å². The van der Waals surface area contributed by atoms with E-state index in [-0.39, 0.29) is 16.9 Å². The molecule has 1 amide bonds. The van der Waals surface area contributed by atoms with E-state index in [0.29, 0.717) is 5.69 Å². The first-order chi connectivity index (χ1) is 11.2. The third-order valence-electron chi connectivity index (χ3n) is 3.37. The summed E-state index contributed by atoms with van der Waals surface area (Å²) in [6, 6.07) is 5.35. The van der Waals surface area contributed by atoms with Crippen LogP contribution in [0.1, 0.15) is 11.3 Å². The molecule has 128 valence electrons. The van der Waals surface area contributed by atoms with Crippen molar-refractivity contribution in [1.29, 1.82) is 0 Å². The molecule has 1 aromatic carbocycles. The first-order valence-electron chi connectivity index (χ1n) is 6.94. The number of halogens is 3. The van der Waals surface area contributed by atoms with Crippen molar-refractivity contribution in [3.63, 3.8) is 0 Å². The van der Waals surface area contributed by atoms with E-state index in [1.165, 1.54) is 6.07 Å². The van der Waals surface area contributed by atoms with Crippen molar-refractivity contribution in [2.45, 2.75) is 13.1 Å². The molecule has 0 aliphatic heterocycles. The van der Waals surface area contributed by atoms with E-state index in [2.05, 4.69) is 5.32 Å². The predicted octanol–water partition coefficient (Wildman–Crippen LogP) is 2.73. The molecule has 0 radical (unpaired) electrons. The summed E-state index contributed by atoms with van der Waals surface area (Å²) in [4.78, 5) is 23.5. The third-order valence-corrected chi connectivity index (χ3v) is 3.37. The second kappa shape index (κ2) is 6.77. The number of amides is 1. The standard InChI is InChI=1S/C16H15F3N2O3/c1-10-15(13(22)7-8-21(10)2)24-9-14(23)20-12-5-3-11(4-6-12)16(17,18)19/h3-8H,9H2,1-2H3,(H,20,23). The molecule has 0 saturated carbocycles. The summed E-state index contributed by atoms with van der Waals surface area (Å²) in [5.74, 6) is -0.525. The number of alkyl halides is 3. The molecule has 0 saturated heterocycles. The predicted molar refractivity (Wildman–Crippen MR) is 82.0 cm³/mol. The molecular formula is C16H15F3N2O3. The number of nitrogens with zero attached hydrogens (tertiary/aromatic N) is 1. The number of pyridine rings is 1. The van der Waals surface area contributed by atoms with Crippen LogP contribution in [0.5, 0.6) is 5.75 Å². The maximum Gasteiger partial charge on any atom is 0.416 e. The fraction of sp³-hybridized carbons (Fsp3) is 0.250. The number of benzene rings is 1. The van der Waals surface area contributed by atoms with Crippen molar-refractivity contribution in [2.75, 3.05) is 11.9 Å². The number of hydrogen-bond donors (Lipinski definition) is 1. The molecule has 0 spiro atoms. The van der Waals surface area contributed by atoms with E-state index < -0.39 is 24.3 Å². The molecule has 0 unspecified atom stereocenters. The number of rotatable bonds is 4. The van der Waals surface area contributed by atoms with Gasteiger partial charge in [-0.25, -0.2) is 0 Å². The lowest BCUT2D eigenvalue weighted by molar-refractivity contribution is -0.137. The maximum atomic E-state index is 12.5. The Morgan fingerprint density at radius 2 is 1.83 bits per heavy atom. The smallest absolute Gasteiger partial charge is 0.416 e. The van der Waals surface area contributed by atoms with Crippen molar-refractivity contribution >= 4 is 11.6 Å². The van der Waals surface area contributed by atoms with Crippen LogP contribution in [0.3, 0.4) is 0 Å². The molecule has 8 heteroatoms. The largest absolute Gasteiger partial charge is 0.478 e. The lowest BCUT2D eigenvalue weighted by atomic mass is 10.2. The molecule has 0 fully saturated rings. The normalized spacial score (nSPS) is 11.2. The van der Waals surface area contributed by atoms with Crippen LogP contribution in [-0.2, 0) is 18.0 Å². The van der Waals surface area contributed by atoms with Crippen LogP contribution in [0.15, 0.2) is 41.3 Å². The second-order valence-corrected chi connectivity index (χ2v) is 5.12. The number of aromatic nitrogens is 1. The van der Waals surface area contributed by atoms with E-state index in [0.717, 1.165) is 24.3 Å². The Labute approximate surface area is 135 Å². The van der Waals surface area contributed by atoms with Crippen molar-refractivity contribution < 1.29 is 22.7 Å². The minimum absolute atomic E-state index is 0.0579. The Hall–Kier alpha value is -2.77. The summed E-state index contributed by atoms with van der Waals surface area (Å²) in [7, 11) is 1.73. The molecule has 0 aliphatic carbocycles. The molecular weight excluding hydrogens is 325 g/mol. The van der Waals surface area contributed by atoms with Crippen molar-refractivity contribution in [3.05, 3.63) is 58.0 Å². The average Bonchev–Trinajstić information content (AvgIpc) is 2.51.